The molecule has 1 saturated heterocycles. The van der Waals surface area contributed by atoms with Crippen molar-refractivity contribution < 1.29 is 9.13 Å². The quantitative estimate of drug-likeness (QED) is 0.660. The summed E-state index contributed by atoms with van der Waals surface area (Å²) in [5.41, 5.74) is 1.23. The van der Waals surface area contributed by atoms with Gasteiger partial charge in [-0.05, 0) is 60.7 Å². The molecule has 2 aromatic carbocycles. The highest BCUT2D eigenvalue weighted by Gasteiger charge is 2.29. The normalized spacial score (nSPS) is 20.0. The Morgan fingerprint density at radius 3 is 2.80 bits per heavy atom. The third kappa shape index (κ3) is 3.62. The first-order chi connectivity index (χ1) is 12.2. The maximum absolute atomic E-state index is 13.9. The first-order valence-electron chi connectivity index (χ1n) is 8.38. The van der Waals surface area contributed by atoms with Gasteiger partial charge in [0.05, 0.1) is 0 Å². The summed E-state index contributed by atoms with van der Waals surface area (Å²) in [5.74, 6) is 2.91. The monoisotopic (exact) mass is 376 g/mol. The summed E-state index contributed by atoms with van der Waals surface area (Å²) in [7, 11) is 0. The third-order valence-electron chi connectivity index (χ3n) is 4.57. The van der Waals surface area contributed by atoms with Crippen LogP contribution in [0.1, 0.15) is 24.3 Å². The molecule has 1 fully saturated rings. The molecule has 0 spiro atoms. The molecule has 25 heavy (non-hydrogen) atoms. The van der Waals surface area contributed by atoms with Gasteiger partial charge in [-0.15, -0.1) is 0 Å². The number of halogens is 2. The first kappa shape index (κ1) is 16.7. The van der Waals surface area contributed by atoms with E-state index >= 15 is 0 Å². The Kier molecular flexibility index (Phi) is 4.86. The number of rotatable bonds is 3. The molecule has 1 atom stereocenters. The average molecular weight is 377 g/mol. The van der Waals surface area contributed by atoms with Crippen LogP contribution in [-0.4, -0.2) is 29.6 Å². The molecule has 2 aromatic rings. The molecule has 0 aromatic heterocycles. The van der Waals surface area contributed by atoms with Crippen molar-refractivity contribution in [3.8, 4) is 11.5 Å². The van der Waals surface area contributed by atoms with E-state index in [0.29, 0.717) is 16.7 Å². The largest absolute Gasteiger partial charge is 0.454 e. The summed E-state index contributed by atoms with van der Waals surface area (Å²) in [6.45, 7) is 2.18. The van der Waals surface area contributed by atoms with Crippen molar-refractivity contribution in [2.24, 2.45) is 4.40 Å². The Morgan fingerprint density at radius 1 is 1.16 bits per heavy atom. The zero-order valence-corrected chi connectivity index (χ0v) is 15.2. The van der Waals surface area contributed by atoms with Gasteiger partial charge in [-0.3, -0.25) is 0 Å². The molecule has 0 radical (unpaired) electrons. The van der Waals surface area contributed by atoms with Crippen molar-refractivity contribution in [3.05, 3.63) is 58.9 Å². The van der Waals surface area contributed by atoms with Crippen molar-refractivity contribution in [3.63, 3.8) is 0 Å². The lowest BCUT2D eigenvalue weighted by atomic mass is 9.89. The maximum Gasteiger partial charge on any atom is 0.167 e. The molecule has 0 unspecified atom stereocenters. The van der Waals surface area contributed by atoms with Crippen molar-refractivity contribution >= 4 is 29.4 Å². The van der Waals surface area contributed by atoms with Crippen LogP contribution in [0.15, 0.2) is 46.9 Å². The first-order valence-corrected chi connectivity index (χ1v) is 9.70. The van der Waals surface area contributed by atoms with Crippen LogP contribution < -0.4 is 4.74 Å². The fourth-order valence-electron chi connectivity index (χ4n) is 3.33. The second-order valence-corrected chi connectivity index (χ2v) is 7.50. The molecule has 2 heterocycles. The molecule has 2 aliphatic heterocycles. The molecule has 0 amide bonds. The minimum absolute atomic E-state index is 0.175. The van der Waals surface area contributed by atoms with Crippen LogP contribution in [0, 0.1) is 5.82 Å². The summed E-state index contributed by atoms with van der Waals surface area (Å²) in [5, 5.41) is 0.355. The number of hydrogen-bond acceptors (Lipinski definition) is 4. The lowest BCUT2D eigenvalue weighted by Gasteiger charge is -2.37. The number of ether oxygens (including phenoxy) is 1. The number of amidine groups is 1. The van der Waals surface area contributed by atoms with E-state index in [1.807, 2.05) is 12.1 Å². The zero-order valence-electron chi connectivity index (χ0n) is 13.6. The van der Waals surface area contributed by atoms with Crippen LogP contribution >= 0.6 is 23.5 Å². The van der Waals surface area contributed by atoms with Gasteiger partial charge in [-0.2, -0.15) is 0 Å². The molecule has 6 heteroatoms. The van der Waals surface area contributed by atoms with Crippen molar-refractivity contribution in [1.29, 1.82) is 0 Å². The summed E-state index contributed by atoms with van der Waals surface area (Å²) in [6, 6.07) is 12.3. The fourth-order valence-corrected chi connectivity index (χ4v) is 4.26. The van der Waals surface area contributed by atoms with Crippen LogP contribution in [0.4, 0.5) is 4.39 Å². The van der Waals surface area contributed by atoms with Gasteiger partial charge in [0.2, 0.25) is 0 Å². The number of hydrogen-bond donors (Lipinski definition) is 0. The van der Waals surface area contributed by atoms with E-state index in [9.17, 15) is 4.39 Å². The highest BCUT2D eigenvalue weighted by Crippen LogP contribution is 2.34. The molecule has 2 aliphatic rings. The molecule has 0 bridgehead atoms. The summed E-state index contributed by atoms with van der Waals surface area (Å²) >= 11 is 7.43. The van der Waals surface area contributed by atoms with Gasteiger partial charge in [-0.1, -0.05) is 23.7 Å². The molecule has 0 saturated carbocycles. The number of benzene rings is 2. The lowest BCUT2D eigenvalue weighted by Crippen LogP contribution is -2.42. The summed E-state index contributed by atoms with van der Waals surface area (Å²) < 4.78 is 24.2. The van der Waals surface area contributed by atoms with Crippen LogP contribution in [0.2, 0.25) is 5.02 Å². The van der Waals surface area contributed by atoms with E-state index in [4.69, 9.17) is 16.3 Å². The molecule has 4 rings (SSSR count). The number of fused-ring (bicyclic) bond motifs is 1. The van der Waals surface area contributed by atoms with E-state index < -0.39 is 5.82 Å². The Labute approximate surface area is 156 Å². The van der Waals surface area contributed by atoms with Gasteiger partial charge in [0.25, 0.3) is 0 Å². The van der Waals surface area contributed by atoms with Gasteiger partial charge in [0, 0.05) is 29.8 Å². The Morgan fingerprint density at radius 2 is 2.00 bits per heavy atom. The van der Waals surface area contributed by atoms with E-state index in [1.165, 1.54) is 23.9 Å². The SMILES string of the molecule is Fc1cc(Cl)ccc1Oc1ccc([C@@H]2CCCN3CCSN=C23)cc1. The van der Waals surface area contributed by atoms with Crippen LogP contribution in [0.5, 0.6) is 11.5 Å². The molecular weight excluding hydrogens is 359 g/mol. The highest BCUT2D eigenvalue weighted by molar-refractivity contribution is 7.98. The molecule has 0 N–H and O–H groups in total. The van der Waals surface area contributed by atoms with E-state index in [0.717, 1.165) is 25.3 Å². The van der Waals surface area contributed by atoms with Gasteiger partial charge in [-0.25, -0.2) is 8.79 Å². The Bertz CT molecular complexity index is 797. The van der Waals surface area contributed by atoms with Crippen LogP contribution in [-0.2, 0) is 0 Å². The van der Waals surface area contributed by atoms with Crippen LogP contribution in [0.25, 0.3) is 0 Å². The average Bonchev–Trinajstić information content (AvgIpc) is 2.64. The number of piperidine rings is 1. The van der Waals surface area contributed by atoms with E-state index in [1.54, 1.807) is 24.1 Å². The second-order valence-electron chi connectivity index (χ2n) is 6.21. The molecule has 3 nitrogen and oxygen atoms in total. The predicted octanol–water partition coefficient (Wildman–Crippen LogP) is 5.51. The molecule has 130 valence electrons. The van der Waals surface area contributed by atoms with E-state index in [-0.39, 0.29) is 5.75 Å². The highest BCUT2D eigenvalue weighted by atomic mass is 35.5. The van der Waals surface area contributed by atoms with Crippen LogP contribution in [0.3, 0.4) is 0 Å². The smallest absolute Gasteiger partial charge is 0.167 e. The molecular formula is C19H18ClFN2OS. The van der Waals surface area contributed by atoms with Crippen molar-refractivity contribution in [2.75, 3.05) is 18.8 Å². The summed E-state index contributed by atoms with van der Waals surface area (Å²) in [6.07, 6.45) is 2.30. The molecule has 0 aliphatic carbocycles. The standard InChI is InChI=1S/C19H18ClFN2OS/c20-14-5-8-18(17(21)12-14)24-15-6-3-13(4-7-15)16-2-1-9-23-10-11-25-22-19(16)23/h3-8,12,16H,1-2,9-11H2/t16-/m0/s1. The van der Waals surface area contributed by atoms with Gasteiger partial charge >= 0.3 is 0 Å². The second kappa shape index (κ2) is 7.26. The fraction of sp³-hybridized carbons (Fsp3) is 0.316. The lowest BCUT2D eigenvalue weighted by molar-refractivity contribution is 0.371. The van der Waals surface area contributed by atoms with Gasteiger partial charge in [0.15, 0.2) is 11.6 Å². The minimum atomic E-state index is -0.465. The maximum atomic E-state index is 13.9. The van der Waals surface area contributed by atoms with Crippen molar-refractivity contribution in [1.82, 2.24) is 4.90 Å². The topological polar surface area (TPSA) is 24.8 Å². The predicted molar refractivity (Wildman–Crippen MR) is 101 cm³/mol. The van der Waals surface area contributed by atoms with Gasteiger partial charge in [0.1, 0.15) is 11.6 Å². The Hall–Kier alpha value is -1.72. The van der Waals surface area contributed by atoms with Gasteiger partial charge < -0.3 is 9.64 Å². The van der Waals surface area contributed by atoms with Crippen molar-refractivity contribution in [2.45, 2.75) is 18.8 Å². The van der Waals surface area contributed by atoms with E-state index in [2.05, 4.69) is 21.4 Å². The Balaban J connectivity index is 1.52. The number of nitrogens with zero attached hydrogens (tertiary/aromatic N) is 2. The summed E-state index contributed by atoms with van der Waals surface area (Å²) in [4.78, 5) is 2.40. The minimum Gasteiger partial charge on any atom is -0.454 e. The third-order valence-corrected chi connectivity index (χ3v) is 5.49. The zero-order chi connectivity index (χ0) is 17.2.